The predicted molar refractivity (Wildman–Crippen MR) is 88.1 cm³/mol. The summed E-state index contributed by atoms with van der Waals surface area (Å²) >= 11 is 6.09. The van der Waals surface area contributed by atoms with Gasteiger partial charge in [-0.1, -0.05) is 60.1 Å². The Morgan fingerprint density at radius 3 is 2.43 bits per heavy atom. The highest BCUT2D eigenvalue weighted by Gasteiger charge is 2.25. The third kappa shape index (κ3) is 5.36. The van der Waals surface area contributed by atoms with Crippen LogP contribution in [0.3, 0.4) is 0 Å². The standard InChI is InChI=1S/C18H19ClO4/c1-13(20)23-17(12-22-11-14-7-3-2-4-8-14)18(21)15-9-5-6-10-16(15)19/h2-10,17-18,21H,11-12H2,1H3/t17-,18+/m0/s1. The summed E-state index contributed by atoms with van der Waals surface area (Å²) in [6.07, 6.45) is -1.88. The second kappa shape index (κ2) is 8.67. The Labute approximate surface area is 140 Å². The molecule has 4 nitrogen and oxygen atoms in total. The number of ether oxygens (including phenoxy) is 2. The molecule has 0 amide bonds. The van der Waals surface area contributed by atoms with Gasteiger partial charge in [0.2, 0.25) is 0 Å². The van der Waals surface area contributed by atoms with E-state index in [2.05, 4.69) is 0 Å². The summed E-state index contributed by atoms with van der Waals surface area (Å²) < 4.78 is 10.8. The van der Waals surface area contributed by atoms with Crippen molar-refractivity contribution < 1.29 is 19.4 Å². The highest BCUT2D eigenvalue weighted by molar-refractivity contribution is 6.31. The first kappa shape index (κ1) is 17.5. The van der Waals surface area contributed by atoms with Crippen molar-refractivity contribution >= 4 is 17.6 Å². The van der Waals surface area contributed by atoms with Crippen LogP contribution in [0.4, 0.5) is 0 Å². The fraction of sp³-hybridized carbons (Fsp3) is 0.278. The minimum Gasteiger partial charge on any atom is -0.457 e. The van der Waals surface area contributed by atoms with Crippen molar-refractivity contribution in [1.29, 1.82) is 0 Å². The highest BCUT2D eigenvalue weighted by Crippen LogP contribution is 2.26. The van der Waals surface area contributed by atoms with Gasteiger partial charge in [0.05, 0.1) is 13.2 Å². The van der Waals surface area contributed by atoms with Crippen LogP contribution in [-0.4, -0.2) is 23.8 Å². The molecule has 0 spiro atoms. The molecule has 0 aromatic heterocycles. The maximum atomic E-state index is 11.3. The van der Waals surface area contributed by atoms with Crippen molar-refractivity contribution in [2.45, 2.75) is 25.7 Å². The SMILES string of the molecule is CC(=O)O[C@@H](COCc1ccccc1)[C@H](O)c1ccccc1Cl. The molecule has 2 rings (SSSR count). The molecule has 0 bridgehead atoms. The first-order chi connectivity index (χ1) is 11.1. The smallest absolute Gasteiger partial charge is 0.303 e. The first-order valence-electron chi connectivity index (χ1n) is 7.29. The lowest BCUT2D eigenvalue weighted by atomic mass is 10.0. The second-order valence-electron chi connectivity index (χ2n) is 5.11. The van der Waals surface area contributed by atoms with Gasteiger partial charge in [-0.25, -0.2) is 0 Å². The Hall–Kier alpha value is -1.88. The number of rotatable bonds is 7. The fourth-order valence-corrected chi connectivity index (χ4v) is 2.43. The lowest BCUT2D eigenvalue weighted by Crippen LogP contribution is -2.29. The molecular formula is C18H19ClO4. The zero-order chi connectivity index (χ0) is 16.7. The summed E-state index contributed by atoms with van der Waals surface area (Å²) in [6.45, 7) is 1.73. The van der Waals surface area contributed by atoms with Gasteiger partial charge in [0, 0.05) is 17.5 Å². The molecule has 122 valence electrons. The molecule has 5 heteroatoms. The van der Waals surface area contributed by atoms with Crippen molar-refractivity contribution in [2.24, 2.45) is 0 Å². The third-order valence-electron chi connectivity index (χ3n) is 3.29. The van der Waals surface area contributed by atoms with Gasteiger partial charge in [-0.15, -0.1) is 0 Å². The fourth-order valence-electron chi connectivity index (χ4n) is 2.19. The van der Waals surface area contributed by atoms with Crippen LogP contribution in [0.15, 0.2) is 54.6 Å². The van der Waals surface area contributed by atoms with Gasteiger partial charge in [0.1, 0.15) is 6.10 Å². The Balaban J connectivity index is 2.01. The van der Waals surface area contributed by atoms with Gasteiger partial charge in [0.25, 0.3) is 0 Å². The van der Waals surface area contributed by atoms with Crippen LogP contribution < -0.4 is 0 Å². The number of carbonyl (C=O) groups is 1. The van der Waals surface area contributed by atoms with Gasteiger partial charge >= 0.3 is 5.97 Å². The molecule has 0 heterocycles. The molecule has 23 heavy (non-hydrogen) atoms. The number of benzene rings is 2. The molecule has 2 aromatic carbocycles. The third-order valence-corrected chi connectivity index (χ3v) is 3.63. The topological polar surface area (TPSA) is 55.8 Å². The largest absolute Gasteiger partial charge is 0.457 e. The summed E-state index contributed by atoms with van der Waals surface area (Å²) in [4.78, 5) is 11.3. The monoisotopic (exact) mass is 334 g/mol. The van der Waals surface area contributed by atoms with Gasteiger partial charge < -0.3 is 14.6 Å². The maximum Gasteiger partial charge on any atom is 0.303 e. The Morgan fingerprint density at radius 1 is 1.13 bits per heavy atom. The molecule has 0 radical (unpaired) electrons. The number of hydrogen-bond donors (Lipinski definition) is 1. The van der Waals surface area contributed by atoms with E-state index in [0.717, 1.165) is 5.56 Å². The van der Waals surface area contributed by atoms with E-state index in [9.17, 15) is 9.90 Å². The molecule has 0 saturated carbocycles. The van der Waals surface area contributed by atoms with E-state index in [1.807, 2.05) is 30.3 Å². The normalized spacial score (nSPS) is 13.3. The summed E-state index contributed by atoms with van der Waals surface area (Å²) in [5.74, 6) is -0.482. The summed E-state index contributed by atoms with van der Waals surface area (Å²) in [5, 5.41) is 10.9. The van der Waals surface area contributed by atoms with E-state index in [4.69, 9.17) is 21.1 Å². The van der Waals surface area contributed by atoms with E-state index >= 15 is 0 Å². The Morgan fingerprint density at radius 2 is 1.78 bits per heavy atom. The highest BCUT2D eigenvalue weighted by atomic mass is 35.5. The average molecular weight is 335 g/mol. The first-order valence-corrected chi connectivity index (χ1v) is 7.67. The van der Waals surface area contributed by atoms with Gasteiger partial charge in [-0.3, -0.25) is 4.79 Å². The van der Waals surface area contributed by atoms with Crippen molar-refractivity contribution in [1.82, 2.24) is 0 Å². The summed E-state index contributed by atoms with van der Waals surface area (Å²) in [6, 6.07) is 16.5. The van der Waals surface area contributed by atoms with Crippen LogP contribution in [0.2, 0.25) is 5.02 Å². The Kier molecular flexibility index (Phi) is 6.59. The summed E-state index contributed by atoms with van der Waals surface area (Å²) in [5.41, 5.74) is 1.50. The molecular weight excluding hydrogens is 316 g/mol. The zero-order valence-electron chi connectivity index (χ0n) is 12.8. The zero-order valence-corrected chi connectivity index (χ0v) is 13.6. The van der Waals surface area contributed by atoms with Crippen molar-refractivity contribution in [3.05, 3.63) is 70.7 Å². The Bertz CT molecular complexity index is 630. The van der Waals surface area contributed by atoms with E-state index in [1.54, 1.807) is 24.3 Å². The lowest BCUT2D eigenvalue weighted by molar-refractivity contribution is -0.158. The minimum absolute atomic E-state index is 0.0703. The molecule has 0 aliphatic carbocycles. The van der Waals surface area contributed by atoms with Gasteiger partial charge in [-0.05, 0) is 11.6 Å². The maximum absolute atomic E-state index is 11.3. The van der Waals surface area contributed by atoms with Crippen LogP contribution in [0.5, 0.6) is 0 Å². The van der Waals surface area contributed by atoms with E-state index in [0.29, 0.717) is 17.2 Å². The van der Waals surface area contributed by atoms with Crippen molar-refractivity contribution in [3.8, 4) is 0 Å². The van der Waals surface area contributed by atoms with Gasteiger partial charge in [-0.2, -0.15) is 0 Å². The molecule has 0 saturated heterocycles. The van der Waals surface area contributed by atoms with Crippen LogP contribution in [-0.2, 0) is 20.9 Å². The molecule has 1 N–H and O–H groups in total. The van der Waals surface area contributed by atoms with Crippen LogP contribution in [0, 0.1) is 0 Å². The lowest BCUT2D eigenvalue weighted by Gasteiger charge is -2.23. The molecule has 0 aliphatic heterocycles. The minimum atomic E-state index is -1.05. The molecule has 0 fully saturated rings. The van der Waals surface area contributed by atoms with Crippen molar-refractivity contribution in [3.63, 3.8) is 0 Å². The number of aliphatic hydroxyl groups is 1. The number of esters is 1. The van der Waals surface area contributed by atoms with Crippen LogP contribution in [0.1, 0.15) is 24.2 Å². The molecule has 0 aliphatic rings. The van der Waals surface area contributed by atoms with E-state index in [1.165, 1.54) is 6.92 Å². The molecule has 2 atom stereocenters. The van der Waals surface area contributed by atoms with E-state index in [-0.39, 0.29) is 6.61 Å². The average Bonchev–Trinajstić information content (AvgIpc) is 2.54. The number of hydrogen-bond acceptors (Lipinski definition) is 4. The predicted octanol–water partition coefficient (Wildman–Crippen LogP) is 3.52. The second-order valence-corrected chi connectivity index (χ2v) is 5.52. The van der Waals surface area contributed by atoms with Crippen LogP contribution in [0.25, 0.3) is 0 Å². The van der Waals surface area contributed by atoms with Crippen molar-refractivity contribution in [2.75, 3.05) is 6.61 Å². The van der Waals surface area contributed by atoms with Gasteiger partial charge in [0.15, 0.2) is 6.10 Å². The summed E-state index contributed by atoms with van der Waals surface area (Å²) in [7, 11) is 0. The van der Waals surface area contributed by atoms with E-state index < -0.39 is 18.2 Å². The molecule has 2 aromatic rings. The molecule has 0 unspecified atom stereocenters. The quantitative estimate of drug-likeness (QED) is 0.787. The van der Waals surface area contributed by atoms with Crippen LogP contribution >= 0.6 is 11.6 Å². The number of aliphatic hydroxyl groups excluding tert-OH is 1. The number of carbonyl (C=O) groups excluding carboxylic acids is 1. The number of halogens is 1.